The highest BCUT2D eigenvalue weighted by atomic mass is 16.5. The molecule has 156 valence electrons. The number of hydrogen-bond acceptors (Lipinski definition) is 3. The number of hydrogen-bond donors (Lipinski definition) is 1. The standard InChI is InChI=1S/C24H37NO3/c1-14(22(25)27)19-7-8-20-18-6-5-16-13-17(28-15(2)26)9-11-23(16,3)21(18)10-12-24(19,20)4/h5,14,17-21H,6-13H2,1-4H3,(H2,25,27)/t14-,17-,18-,19+,20-,21-,23-,24+/m0/s1. The minimum Gasteiger partial charge on any atom is -0.462 e. The van der Waals surface area contributed by atoms with Gasteiger partial charge in [0.25, 0.3) is 0 Å². The van der Waals surface area contributed by atoms with Crippen molar-refractivity contribution in [1.82, 2.24) is 0 Å². The fraction of sp³-hybridized carbons (Fsp3) is 0.833. The number of esters is 1. The summed E-state index contributed by atoms with van der Waals surface area (Å²) in [5.74, 6) is 2.30. The van der Waals surface area contributed by atoms with E-state index in [0.29, 0.717) is 11.8 Å². The van der Waals surface area contributed by atoms with Crippen LogP contribution in [0.4, 0.5) is 0 Å². The maximum Gasteiger partial charge on any atom is 0.302 e. The summed E-state index contributed by atoms with van der Waals surface area (Å²) >= 11 is 0. The van der Waals surface area contributed by atoms with Gasteiger partial charge in [-0.2, -0.15) is 0 Å². The van der Waals surface area contributed by atoms with Crippen LogP contribution in [-0.4, -0.2) is 18.0 Å². The second-order valence-corrected chi connectivity index (χ2v) is 10.7. The summed E-state index contributed by atoms with van der Waals surface area (Å²) in [7, 11) is 0. The molecule has 0 aromatic carbocycles. The number of primary amides is 1. The molecular formula is C24H37NO3. The van der Waals surface area contributed by atoms with Gasteiger partial charge in [0, 0.05) is 19.3 Å². The van der Waals surface area contributed by atoms with Gasteiger partial charge in [-0.25, -0.2) is 0 Å². The molecule has 0 unspecified atom stereocenters. The van der Waals surface area contributed by atoms with Gasteiger partial charge < -0.3 is 10.5 Å². The van der Waals surface area contributed by atoms with Crippen LogP contribution < -0.4 is 5.73 Å². The lowest BCUT2D eigenvalue weighted by molar-refractivity contribution is -0.148. The first-order chi connectivity index (χ1) is 13.2. The number of carbonyl (C=O) groups excluding carboxylic acids is 2. The van der Waals surface area contributed by atoms with Crippen LogP contribution in [-0.2, 0) is 14.3 Å². The lowest BCUT2D eigenvalue weighted by Gasteiger charge is -2.58. The topological polar surface area (TPSA) is 69.4 Å². The minimum absolute atomic E-state index is 0.0176. The summed E-state index contributed by atoms with van der Waals surface area (Å²) in [6.45, 7) is 8.48. The van der Waals surface area contributed by atoms with Crippen LogP contribution in [0.1, 0.15) is 79.1 Å². The zero-order chi connectivity index (χ0) is 20.3. The molecule has 2 N–H and O–H groups in total. The van der Waals surface area contributed by atoms with E-state index in [9.17, 15) is 9.59 Å². The lowest BCUT2D eigenvalue weighted by atomic mass is 9.47. The molecule has 0 radical (unpaired) electrons. The summed E-state index contributed by atoms with van der Waals surface area (Å²) in [5, 5.41) is 0. The molecule has 3 fully saturated rings. The molecule has 28 heavy (non-hydrogen) atoms. The summed E-state index contributed by atoms with van der Waals surface area (Å²) in [4.78, 5) is 23.3. The average Bonchev–Trinajstić information content (AvgIpc) is 2.98. The van der Waals surface area contributed by atoms with Crippen molar-refractivity contribution in [2.24, 2.45) is 46.2 Å². The van der Waals surface area contributed by atoms with Gasteiger partial charge >= 0.3 is 5.97 Å². The first-order valence-electron chi connectivity index (χ1n) is 11.3. The maximum atomic E-state index is 11.9. The first-order valence-corrected chi connectivity index (χ1v) is 11.3. The zero-order valence-electron chi connectivity index (χ0n) is 18.0. The Labute approximate surface area is 169 Å². The van der Waals surface area contributed by atoms with E-state index in [1.54, 1.807) is 0 Å². The Hall–Kier alpha value is -1.32. The number of carbonyl (C=O) groups is 2. The maximum absolute atomic E-state index is 11.9. The van der Waals surface area contributed by atoms with Crippen molar-refractivity contribution < 1.29 is 14.3 Å². The Morgan fingerprint density at radius 2 is 1.89 bits per heavy atom. The fourth-order valence-corrected chi connectivity index (χ4v) is 8.02. The van der Waals surface area contributed by atoms with Crippen molar-refractivity contribution >= 4 is 11.9 Å². The van der Waals surface area contributed by atoms with Gasteiger partial charge in [0.1, 0.15) is 6.10 Å². The highest BCUT2D eigenvalue weighted by Gasteiger charge is 2.59. The predicted molar refractivity (Wildman–Crippen MR) is 109 cm³/mol. The van der Waals surface area contributed by atoms with E-state index in [2.05, 4.69) is 19.9 Å². The van der Waals surface area contributed by atoms with E-state index < -0.39 is 0 Å². The summed E-state index contributed by atoms with van der Waals surface area (Å²) in [6, 6.07) is 0. The summed E-state index contributed by atoms with van der Waals surface area (Å²) in [5.41, 5.74) is 7.75. The van der Waals surface area contributed by atoms with Crippen molar-refractivity contribution in [2.45, 2.75) is 85.2 Å². The molecule has 4 nitrogen and oxygen atoms in total. The molecule has 4 heteroatoms. The Bertz CT molecular complexity index is 700. The number of fused-ring (bicyclic) bond motifs is 5. The van der Waals surface area contributed by atoms with Crippen molar-refractivity contribution in [2.75, 3.05) is 0 Å². The monoisotopic (exact) mass is 387 g/mol. The number of ether oxygens (including phenoxy) is 1. The molecule has 1 amide bonds. The molecule has 0 heterocycles. The van der Waals surface area contributed by atoms with Gasteiger partial charge in [0.2, 0.25) is 5.91 Å². The second-order valence-electron chi connectivity index (χ2n) is 10.7. The quantitative estimate of drug-likeness (QED) is 0.567. The van der Waals surface area contributed by atoms with Crippen LogP contribution in [0.5, 0.6) is 0 Å². The third-order valence-corrected chi connectivity index (χ3v) is 9.52. The van der Waals surface area contributed by atoms with Gasteiger partial charge in [-0.05, 0) is 79.4 Å². The van der Waals surface area contributed by atoms with E-state index in [0.717, 1.165) is 43.9 Å². The first kappa shape index (κ1) is 20.0. The molecule has 0 aliphatic heterocycles. The third kappa shape index (κ3) is 2.93. The van der Waals surface area contributed by atoms with Crippen molar-refractivity contribution in [3.63, 3.8) is 0 Å². The molecule has 0 saturated heterocycles. The van der Waals surface area contributed by atoms with Crippen molar-refractivity contribution in [1.29, 1.82) is 0 Å². The molecule has 0 bridgehead atoms. The van der Waals surface area contributed by atoms with E-state index >= 15 is 0 Å². The Morgan fingerprint density at radius 3 is 2.57 bits per heavy atom. The molecular weight excluding hydrogens is 350 g/mol. The smallest absolute Gasteiger partial charge is 0.302 e. The SMILES string of the molecule is CC(=O)O[C@H]1CC[C@@]2(C)C(=CC[C@H]3[C@@H]4CC[C@H]([C@H](C)C(N)=O)[C@@]4(C)CC[C@@H]32)C1. The normalized spacial score (nSPS) is 45.9. The van der Waals surface area contributed by atoms with Gasteiger partial charge in [-0.3, -0.25) is 9.59 Å². The van der Waals surface area contributed by atoms with Gasteiger partial charge in [0.05, 0.1) is 0 Å². The molecule has 4 aliphatic carbocycles. The minimum atomic E-state index is -0.156. The molecule has 8 atom stereocenters. The molecule has 4 rings (SSSR count). The highest BCUT2D eigenvalue weighted by molar-refractivity contribution is 5.76. The number of rotatable bonds is 3. The number of nitrogens with two attached hydrogens (primary N) is 1. The van der Waals surface area contributed by atoms with Gasteiger partial charge in [0.15, 0.2) is 0 Å². The van der Waals surface area contributed by atoms with Crippen molar-refractivity contribution in [3.05, 3.63) is 11.6 Å². The lowest BCUT2D eigenvalue weighted by Crippen LogP contribution is -2.51. The average molecular weight is 388 g/mol. The summed E-state index contributed by atoms with van der Waals surface area (Å²) < 4.78 is 5.55. The zero-order valence-corrected chi connectivity index (χ0v) is 18.0. The Kier molecular flexibility index (Phi) is 4.91. The van der Waals surface area contributed by atoms with Crippen LogP contribution in [0, 0.1) is 40.4 Å². The number of allylic oxidation sites excluding steroid dienone is 1. The van der Waals surface area contributed by atoms with E-state index in [-0.39, 0.29) is 34.7 Å². The number of amides is 1. The fourth-order valence-electron chi connectivity index (χ4n) is 8.02. The second kappa shape index (κ2) is 6.88. The molecule has 0 aromatic rings. The van der Waals surface area contributed by atoms with Gasteiger partial charge in [-0.1, -0.05) is 32.4 Å². The van der Waals surface area contributed by atoms with Crippen LogP contribution >= 0.6 is 0 Å². The van der Waals surface area contributed by atoms with Gasteiger partial charge in [-0.15, -0.1) is 0 Å². The largest absolute Gasteiger partial charge is 0.462 e. The van der Waals surface area contributed by atoms with E-state index in [1.165, 1.54) is 31.8 Å². The molecule has 3 saturated carbocycles. The van der Waals surface area contributed by atoms with Crippen molar-refractivity contribution in [3.8, 4) is 0 Å². The molecule has 0 aromatic heterocycles. The molecule has 4 aliphatic rings. The predicted octanol–water partition coefficient (Wildman–Crippen LogP) is 4.62. The van der Waals surface area contributed by atoms with Crippen LogP contribution in [0.25, 0.3) is 0 Å². The van der Waals surface area contributed by atoms with Crippen LogP contribution in [0.15, 0.2) is 11.6 Å². The highest BCUT2D eigenvalue weighted by Crippen LogP contribution is 2.67. The summed E-state index contributed by atoms with van der Waals surface area (Å²) in [6.07, 6.45) is 11.6. The molecule has 0 spiro atoms. The Morgan fingerprint density at radius 1 is 1.14 bits per heavy atom. The Balaban J connectivity index is 1.57. The van der Waals surface area contributed by atoms with Crippen LogP contribution in [0.2, 0.25) is 0 Å². The van der Waals surface area contributed by atoms with E-state index in [4.69, 9.17) is 10.5 Å². The van der Waals surface area contributed by atoms with E-state index in [1.807, 2.05) is 6.92 Å². The van der Waals surface area contributed by atoms with Crippen LogP contribution in [0.3, 0.4) is 0 Å². The third-order valence-electron chi connectivity index (χ3n) is 9.52.